The van der Waals surface area contributed by atoms with Crippen LogP contribution >= 0.6 is 0 Å². The van der Waals surface area contributed by atoms with Crippen molar-refractivity contribution in [3.63, 3.8) is 0 Å². The van der Waals surface area contributed by atoms with Crippen molar-refractivity contribution in [1.29, 1.82) is 0 Å². The summed E-state index contributed by atoms with van der Waals surface area (Å²) in [6, 6.07) is 0. The van der Waals surface area contributed by atoms with Gasteiger partial charge in [0.2, 0.25) is 0 Å². The molecule has 0 radical (unpaired) electrons. The number of rotatable bonds is 3. The molecule has 2 heteroatoms. The fourth-order valence-corrected chi connectivity index (χ4v) is 1.33. The van der Waals surface area contributed by atoms with Gasteiger partial charge in [0, 0.05) is 13.1 Å². The second kappa shape index (κ2) is 4.07. The SMILES string of the molecule is CC(O)CN(C)CC(C)(C)C. The van der Waals surface area contributed by atoms with Gasteiger partial charge in [0.15, 0.2) is 0 Å². The number of hydrogen-bond acceptors (Lipinski definition) is 2. The van der Waals surface area contributed by atoms with Crippen LogP contribution in [0, 0.1) is 5.41 Å². The van der Waals surface area contributed by atoms with Crippen molar-refractivity contribution in [1.82, 2.24) is 4.90 Å². The number of hydrogen-bond donors (Lipinski definition) is 1. The largest absolute Gasteiger partial charge is 0.392 e. The number of aliphatic hydroxyl groups excluding tert-OH is 1. The molecule has 0 aliphatic carbocycles. The van der Waals surface area contributed by atoms with Gasteiger partial charge in [-0.3, -0.25) is 0 Å². The molecule has 0 bridgehead atoms. The second-order valence-corrected chi connectivity index (χ2v) is 4.61. The fourth-order valence-electron chi connectivity index (χ4n) is 1.33. The molecular formula is C9H21NO. The summed E-state index contributed by atoms with van der Waals surface area (Å²) in [5, 5.41) is 9.08. The Kier molecular flexibility index (Phi) is 4.04. The minimum Gasteiger partial charge on any atom is -0.392 e. The van der Waals surface area contributed by atoms with Crippen molar-refractivity contribution in [2.24, 2.45) is 5.41 Å². The molecule has 0 amide bonds. The topological polar surface area (TPSA) is 23.5 Å². The molecule has 0 heterocycles. The van der Waals surface area contributed by atoms with E-state index in [4.69, 9.17) is 5.11 Å². The lowest BCUT2D eigenvalue weighted by Crippen LogP contribution is -2.34. The average molecular weight is 159 g/mol. The van der Waals surface area contributed by atoms with Crippen molar-refractivity contribution in [3.8, 4) is 0 Å². The van der Waals surface area contributed by atoms with Gasteiger partial charge in [-0.15, -0.1) is 0 Å². The molecule has 0 aromatic heterocycles. The van der Waals surface area contributed by atoms with Crippen LogP contribution in [0.5, 0.6) is 0 Å². The predicted molar refractivity (Wildman–Crippen MR) is 48.6 cm³/mol. The third-order valence-corrected chi connectivity index (χ3v) is 1.32. The van der Waals surface area contributed by atoms with Gasteiger partial charge in [0.05, 0.1) is 6.10 Å². The summed E-state index contributed by atoms with van der Waals surface area (Å²) >= 11 is 0. The van der Waals surface area contributed by atoms with Crippen LogP contribution in [0.2, 0.25) is 0 Å². The summed E-state index contributed by atoms with van der Waals surface area (Å²) < 4.78 is 0. The van der Waals surface area contributed by atoms with E-state index in [1.165, 1.54) is 0 Å². The second-order valence-electron chi connectivity index (χ2n) is 4.61. The first kappa shape index (κ1) is 10.9. The maximum Gasteiger partial charge on any atom is 0.0638 e. The van der Waals surface area contributed by atoms with Crippen LogP contribution in [0.4, 0.5) is 0 Å². The monoisotopic (exact) mass is 159 g/mol. The Labute approximate surface area is 70.2 Å². The van der Waals surface area contributed by atoms with Gasteiger partial charge in [-0.25, -0.2) is 0 Å². The number of likely N-dealkylation sites (N-methyl/N-ethyl adjacent to an activating group) is 1. The smallest absolute Gasteiger partial charge is 0.0638 e. The Morgan fingerprint density at radius 1 is 1.36 bits per heavy atom. The van der Waals surface area contributed by atoms with Crippen LogP contribution in [-0.2, 0) is 0 Å². The van der Waals surface area contributed by atoms with Crippen LogP contribution < -0.4 is 0 Å². The summed E-state index contributed by atoms with van der Waals surface area (Å²) in [4.78, 5) is 2.16. The van der Waals surface area contributed by atoms with Crippen LogP contribution in [0.15, 0.2) is 0 Å². The first-order valence-electron chi connectivity index (χ1n) is 4.18. The van der Waals surface area contributed by atoms with Crippen LogP contribution in [0.3, 0.4) is 0 Å². The van der Waals surface area contributed by atoms with Crippen molar-refractivity contribution in [2.75, 3.05) is 20.1 Å². The Balaban J connectivity index is 3.61. The Bertz CT molecular complexity index is 105. The highest BCUT2D eigenvalue weighted by molar-refractivity contribution is 4.67. The van der Waals surface area contributed by atoms with E-state index in [2.05, 4.69) is 25.7 Å². The van der Waals surface area contributed by atoms with E-state index < -0.39 is 0 Å². The molecule has 0 saturated carbocycles. The van der Waals surface area contributed by atoms with Gasteiger partial charge < -0.3 is 10.0 Å². The Morgan fingerprint density at radius 3 is 2.09 bits per heavy atom. The quantitative estimate of drug-likeness (QED) is 0.672. The summed E-state index contributed by atoms with van der Waals surface area (Å²) in [7, 11) is 2.04. The Morgan fingerprint density at radius 2 is 1.82 bits per heavy atom. The van der Waals surface area contributed by atoms with E-state index in [0.717, 1.165) is 13.1 Å². The molecule has 1 unspecified atom stereocenters. The molecule has 1 atom stereocenters. The lowest BCUT2D eigenvalue weighted by Gasteiger charge is -2.27. The van der Waals surface area contributed by atoms with E-state index in [1.807, 2.05) is 14.0 Å². The summed E-state index contributed by atoms with van der Waals surface area (Å²) in [6.07, 6.45) is -0.220. The molecule has 0 fully saturated rings. The molecule has 0 aromatic rings. The van der Waals surface area contributed by atoms with Crippen molar-refractivity contribution in [3.05, 3.63) is 0 Å². The van der Waals surface area contributed by atoms with Gasteiger partial charge >= 0.3 is 0 Å². The van der Waals surface area contributed by atoms with Gasteiger partial charge in [-0.2, -0.15) is 0 Å². The predicted octanol–water partition coefficient (Wildman–Crippen LogP) is 1.35. The zero-order valence-electron chi connectivity index (χ0n) is 8.39. The van der Waals surface area contributed by atoms with Gasteiger partial charge in [0.25, 0.3) is 0 Å². The summed E-state index contributed by atoms with van der Waals surface area (Å²) in [5.41, 5.74) is 0.323. The van der Waals surface area contributed by atoms with Gasteiger partial charge in [-0.1, -0.05) is 20.8 Å². The summed E-state index contributed by atoms with van der Waals surface area (Å²) in [6.45, 7) is 10.2. The zero-order chi connectivity index (χ0) is 9.07. The molecule has 0 saturated heterocycles. The highest BCUT2D eigenvalue weighted by Crippen LogP contribution is 2.13. The zero-order valence-corrected chi connectivity index (χ0v) is 8.39. The molecule has 68 valence electrons. The van der Waals surface area contributed by atoms with E-state index >= 15 is 0 Å². The molecule has 1 N–H and O–H groups in total. The summed E-state index contributed by atoms with van der Waals surface area (Å²) in [5.74, 6) is 0. The molecule has 0 aliphatic heterocycles. The van der Waals surface area contributed by atoms with E-state index in [9.17, 15) is 0 Å². The molecular weight excluding hydrogens is 138 g/mol. The highest BCUT2D eigenvalue weighted by atomic mass is 16.3. The first-order chi connectivity index (χ1) is 4.81. The normalized spacial score (nSPS) is 15.5. The van der Waals surface area contributed by atoms with Gasteiger partial charge in [0.1, 0.15) is 0 Å². The number of aliphatic hydroxyl groups is 1. The van der Waals surface area contributed by atoms with Crippen LogP contribution in [-0.4, -0.2) is 36.2 Å². The van der Waals surface area contributed by atoms with Gasteiger partial charge in [-0.05, 0) is 19.4 Å². The maximum atomic E-state index is 9.08. The van der Waals surface area contributed by atoms with E-state index in [-0.39, 0.29) is 6.10 Å². The molecule has 11 heavy (non-hydrogen) atoms. The van der Waals surface area contributed by atoms with E-state index in [1.54, 1.807) is 0 Å². The number of nitrogens with zero attached hydrogens (tertiary/aromatic N) is 1. The minimum atomic E-state index is -0.220. The van der Waals surface area contributed by atoms with Crippen molar-refractivity contribution < 1.29 is 5.11 Å². The molecule has 0 aromatic carbocycles. The molecule has 0 aliphatic rings. The Hall–Kier alpha value is -0.0800. The maximum absolute atomic E-state index is 9.08. The third kappa shape index (κ3) is 7.82. The van der Waals surface area contributed by atoms with Crippen molar-refractivity contribution >= 4 is 0 Å². The molecule has 2 nitrogen and oxygen atoms in total. The lowest BCUT2D eigenvalue weighted by atomic mass is 9.96. The molecule has 0 rings (SSSR count). The minimum absolute atomic E-state index is 0.220. The average Bonchev–Trinajstić information content (AvgIpc) is 1.53. The fraction of sp³-hybridized carbons (Fsp3) is 1.00. The van der Waals surface area contributed by atoms with Crippen LogP contribution in [0.1, 0.15) is 27.7 Å². The molecule has 0 spiro atoms. The highest BCUT2D eigenvalue weighted by Gasteiger charge is 2.13. The third-order valence-electron chi connectivity index (χ3n) is 1.32. The van der Waals surface area contributed by atoms with Crippen molar-refractivity contribution in [2.45, 2.75) is 33.8 Å². The lowest BCUT2D eigenvalue weighted by molar-refractivity contribution is 0.121. The van der Waals surface area contributed by atoms with Crippen LogP contribution in [0.25, 0.3) is 0 Å². The van der Waals surface area contributed by atoms with E-state index in [0.29, 0.717) is 5.41 Å². The first-order valence-corrected chi connectivity index (χ1v) is 4.18. The standard InChI is InChI=1S/C9H21NO/c1-8(11)6-10(5)7-9(2,3)4/h8,11H,6-7H2,1-5H3.